The molecule has 2 aromatic carbocycles. The van der Waals surface area contributed by atoms with E-state index in [-0.39, 0.29) is 24.0 Å². The van der Waals surface area contributed by atoms with Gasteiger partial charge in [0.1, 0.15) is 11.9 Å². The second kappa shape index (κ2) is 13.2. The van der Waals surface area contributed by atoms with Gasteiger partial charge in [0, 0.05) is 44.4 Å². The van der Waals surface area contributed by atoms with E-state index in [0.717, 1.165) is 41.6 Å². The van der Waals surface area contributed by atoms with Crippen LogP contribution in [0.15, 0.2) is 54.7 Å². The van der Waals surface area contributed by atoms with E-state index in [2.05, 4.69) is 27.8 Å². The molecule has 3 amide bonds. The predicted molar refractivity (Wildman–Crippen MR) is 155 cm³/mol. The van der Waals surface area contributed by atoms with Crippen LogP contribution in [0.3, 0.4) is 0 Å². The molecule has 2 aliphatic rings. The predicted octanol–water partition coefficient (Wildman–Crippen LogP) is 4.11. The molecule has 3 heterocycles. The highest BCUT2D eigenvalue weighted by Crippen LogP contribution is 2.28. The van der Waals surface area contributed by atoms with Gasteiger partial charge < -0.3 is 15.1 Å². The first-order valence-corrected chi connectivity index (χ1v) is 14.3. The molecule has 10 heteroatoms. The Hall–Kier alpha value is -4.18. The zero-order valence-electron chi connectivity index (χ0n) is 23.6. The topological polar surface area (TPSA) is 94.6 Å². The Kier molecular flexibility index (Phi) is 9.22. The maximum absolute atomic E-state index is 14.9. The summed E-state index contributed by atoms with van der Waals surface area (Å²) < 4.78 is 28.2. The Bertz CT molecular complexity index is 1440. The Morgan fingerprint density at radius 2 is 1.81 bits per heavy atom. The molecule has 42 heavy (non-hydrogen) atoms. The number of pyridine rings is 1. The summed E-state index contributed by atoms with van der Waals surface area (Å²) in [6, 6.07) is 12.9. The van der Waals surface area contributed by atoms with Crippen molar-refractivity contribution in [3.8, 4) is 11.1 Å². The summed E-state index contributed by atoms with van der Waals surface area (Å²) in [5, 5.41) is 5.85. The highest BCUT2D eigenvalue weighted by Gasteiger charge is 2.31. The van der Waals surface area contributed by atoms with Crippen LogP contribution < -0.4 is 15.5 Å². The Morgan fingerprint density at radius 3 is 2.50 bits per heavy atom. The van der Waals surface area contributed by atoms with Crippen molar-refractivity contribution in [2.75, 3.05) is 24.5 Å². The second-order valence-electron chi connectivity index (χ2n) is 11.1. The summed E-state index contributed by atoms with van der Waals surface area (Å²) in [5.41, 5.74) is 4.39. The molecule has 0 aliphatic carbocycles. The van der Waals surface area contributed by atoms with Crippen LogP contribution in [0.4, 0.5) is 14.6 Å². The van der Waals surface area contributed by atoms with Gasteiger partial charge in [0.15, 0.2) is 11.6 Å². The zero-order chi connectivity index (χ0) is 29.6. The minimum atomic E-state index is -0.649. The summed E-state index contributed by atoms with van der Waals surface area (Å²) in [7, 11) is 0. The SMILES string of the molecule is Cc1ccc(CNCC2CCN(c3ncc(-c4ccc(F)cc4)cc3F)CC2)cc1CN(C=O)C1CCC(=O)NC1=O. The Balaban J connectivity index is 1.11. The lowest BCUT2D eigenvalue weighted by Crippen LogP contribution is -2.51. The molecule has 0 radical (unpaired) electrons. The van der Waals surface area contributed by atoms with Gasteiger partial charge in [-0.3, -0.25) is 19.7 Å². The first kappa shape index (κ1) is 29.3. The van der Waals surface area contributed by atoms with Gasteiger partial charge in [-0.15, -0.1) is 0 Å². The van der Waals surface area contributed by atoms with E-state index in [0.29, 0.717) is 56.3 Å². The number of nitrogens with one attached hydrogen (secondary N) is 2. The molecular formula is C32H35F2N5O3. The number of amides is 3. The van der Waals surface area contributed by atoms with Gasteiger partial charge >= 0.3 is 0 Å². The van der Waals surface area contributed by atoms with Gasteiger partial charge in [0.05, 0.1) is 0 Å². The number of imide groups is 1. The minimum Gasteiger partial charge on any atom is -0.354 e. The number of aryl methyl sites for hydroxylation is 1. The fraction of sp³-hybridized carbons (Fsp3) is 0.375. The van der Waals surface area contributed by atoms with E-state index < -0.39 is 11.9 Å². The number of carbonyl (C=O) groups excluding carboxylic acids is 3. The standard InChI is InChI=1S/C32H35F2N5O3/c1-21-2-3-23(14-26(21)19-39(20-40)29-8-9-30(41)37-32(29)42)17-35-16-22-10-12-38(13-11-22)31-28(34)15-25(18-36-31)24-4-6-27(33)7-5-24/h2-7,14-15,18,20,22,29,35H,8-13,16-17,19H2,1H3,(H,37,41,42). The second-order valence-corrected chi connectivity index (χ2v) is 11.1. The van der Waals surface area contributed by atoms with E-state index in [4.69, 9.17) is 0 Å². The van der Waals surface area contributed by atoms with E-state index in [1.54, 1.807) is 18.3 Å². The van der Waals surface area contributed by atoms with Gasteiger partial charge in [0.2, 0.25) is 18.2 Å². The van der Waals surface area contributed by atoms with Crippen molar-refractivity contribution < 1.29 is 23.2 Å². The summed E-state index contributed by atoms with van der Waals surface area (Å²) in [4.78, 5) is 43.4. The van der Waals surface area contributed by atoms with Crippen LogP contribution in [0.25, 0.3) is 11.1 Å². The average molecular weight is 576 g/mol. The third-order valence-electron chi connectivity index (χ3n) is 8.19. The summed E-state index contributed by atoms with van der Waals surface area (Å²) in [6.45, 7) is 5.18. The normalized spacial score (nSPS) is 17.7. The van der Waals surface area contributed by atoms with Crippen molar-refractivity contribution in [2.45, 2.75) is 51.7 Å². The summed E-state index contributed by atoms with van der Waals surface area (Å²) in [6.07, 6.45) is 4.68. The molecular weight excluding hydrogens is 540 g/mol. The van der Waals surface area contributed by atoms with Crippen LogP contribution in [-0.4, -0.2) is 53.8 Å². The van der Waals surface area contributed by atoms with Crippen molar-refractivity contribution in [2.24, 2.45) is 5.92 Å². The van der Waals surface area contributed by atoms with Crippen molar-refractivity contribution >= 4 is 24.0 Å². The van der Waals surface area contributed by atoms with Crippen molar-refractivity contribution in [1.82, 2.24) is 20.5 Å². The molecule has 220 valence electrons. The number of halogens is 2. The molecule has 1 aromatic heterocycles. The molecule has 2 aliphatic heterocycles. The third-order valence-corrected chi connectivity index (χ3v) is 8.19. The third kappa shape index (κ3) is 6.99. The molecule has 0 saturated carbocycles. The number of benzene rings is 2. The fourth-order valence-electron chi connectivity index (χ4n) is 5.65. The number of piperidine rings is 2. The van der Waals surface area contributed by atoms with Crippen LogP contribution in [0, 0.1) is 24.5 Å². The van der Waals surface area contributed by atoms with E-state index in [9.17, 15) is 23.2 Å². The van der Waals surface area contributed by atoms with Gasteiger partial charge in [0.25, 0.3) is 0 Å². The summed E-state index contributed by atoms with van der Waals surface area (Å²) in [5.74, 6) is -0.655. The Morgan fingerprint density at radius 1 is 1.05 bits per heavy atom. The number of anilines is 1. The monoisotopic (exact) mass is 575 g/mol. The smallest absolute Gasteiger partial charge is 0.249 e. The maximum atomic E-state index is 14.9. The van der Waals surface area contributed by atoms with Crippen LogP contribution in [0.2, 0.25) is 0 Å². The lowest BCUT2D eigenvalue weighted by atomic mass is 9.96. The van der Waals surface area contributed by atoms with Crippen molar-refractivity contribution in [3.63, 3.8) is 0 Å². The quantitative estimate of drug-likeness (QED) is 0.279. The van der Waals surface area contributed by atoms with Crippen LogP contribution >= 0.6 is 0 Å². The zero-order valence-corrected chi connectivity index (χ0v) is 23.6. The van der Waals surface area contributed by atoms with Crippen LogP contribution in [0.5, 0.6) is 0 Å². The molecule has 2 N–H and O–H groups in total. The maximum Gasteiger partial charge on any atom is 0.249 e. The number of hydrogen-bond acceptors (Lipinski definition) is 6. The van der Waals surface area contributed by atoms with E-state index in [1.807, 2.05) is 17.9 Å². The molecule has 0 spiro atoms. The number of carbonyl (C=O) groups is 3. The first-order valence-electron chi connectivity index (χ1n) is 14.3. The lowest BCUT2D eigenvalue weighted by Gasteiger charge is -2.33. The van der Waals surface area contributed by atoms with Crippen LogP contribution in [0.1, 0.15) is 42.4 Å². The molecule has 0 bridgehead atoms. The van der Waals surface area contributed by atoms with E-state index in [1.165, 1.54) is 23.1 Å². The van der Waals surface area contributed by atoms with E-state index >= 15 is 0 Å². The largest absolute Gasteiger partial charge is 0.354 e. The number of hydrogen-bond donors (Lipinski definition) is 2. The Labute approximate surface area is 244 Å². The number of nitrogens with zero attached hydrogens (tertiary/aromatic N) is 3. The van der Waals surface area contributed by atoms with Crippen molar-refractivity contribution in [1.29, 1.82) is 0 Å². The molecule has 1 unspecified atom stereocenters. The van der Waals surface area contributed by atoms with Gasteiger partial charge in [-0.05, 0) is 79.1 Å². The molecule has 3 aromatic rings. The molecule has 5 rings (SSSR count). The molecule has 2 fully saturated rings. The fourth-order valence-corrected chi connectivity index (χ4v) is 5.65. The number of rotatable bonds is 10. The molecule has 8 nitrogen and oxygen atoms in total. The van der Waals surface area contributed by atoms with Gasteiger partial charge in [-0.2, -0.15) is 0 Å². The lowest BCUT2D eigenvalue weighted by molar-refractivity contribution is -0.141. The summed E-state index contributed by atoms with van der Waals surface area (Å²) >= 11 is 0. The van der Waals surface area contributed by atoms with Crippen molar-refractivity contribution in [3.05, 3.63) is 83.1 Å². The number of aromatic nitrogens is 1. The van der Waals surface area contributed by atoms with Crippen LogP contribution in [-0.2, 0) is 27.5 Å². The molecule has 2 saturated heterocycles. The highest BCUT2D eigenvalue weighted by molar-refractivity contribution is 6.00. The van der Waals surface area contributed by atoms with Gasteiger partial charge in [-0.1, -0.05) is 30.3 Å². The first-order chi connectivity index (χ1) is 20.3. The highest BCUT2D eigenvalue weighted by atomic mass is 19.1. The minimum absolute atomic E-state index is 0.220. The average Bonchev–Trinajstić information content (AvgIpc) is 2.98. The van der Waals surface area contributed by atoms with Gasteiger partial charge in [-0.25, -0.2) is 13.8 Å². The molecule has 1 atom stereocenters.